The molecule has 398 valence electrons. The van der Waals surface area contributed by atoms with Gasteiger partial charge in [-0.1, -0.05) is 24.3 Å². The van der Waals surface area contributed by atoms with Crippen molar-refractivity contribution in [2.24, 2.45) is 16.5 Å². The van der Waals surface area contributed by atoms with Crippen LogP contribution < -0.4 is 47.1 Å². The van der Waals surface area contributed by atoms with Crippen molar-refractivity contribution in [3.8, 4) is 11.5 Å². The van der Waals surface area contributed by atoms with Crippen molar-refractivity contribution in [1.82, 2.24) is 45.1 Å². The number of hydrogen-bond acceptors (Lipinski definition) is 17. The molecule has 0 aliphatic heterocycles. The van der Waals surface area contributed by atoms with Gasteiger partial charge in [0.1, 0.15) is 58.9 Å². The Labute approximate surface area is 428 Å². The predicted octanol–water partition coefficient (Wildman–Crippen LogP) is 5.63. The van der Waals surface area contributed by atoms with E-state index in [-0.39, 0.29) is 19.2 Å². The number of nitrogens with one attached hydrogen (secondary N) is 4. The van der Waals surface area contributed by atoms with Crippen molar-refractivity contribution in [2.45, 2.75) is 80.1 Å². The fourth-order valence-electron chi connectivity index (χ4n) is 7.02. The Hall–Kier alpha value is -7.69. The topological polar surface area (TPSA) is 282 Å². The van der Waals surface area contributed by atoms with Crippen molar-refractivity contribution < 1.29 is 38.2 Å². The first-order chi connectivity index (χ1) is 35.1. The molecular weight excluding hydrogens is 937 g/mol. The molecule has 0 aliphatic carbocycles. The quantitative estimate of drug-likeness (QED) is 0.0136. The van der Waals surface area contributed by atoms with Gasteiger partial charge in [0.05, 0.1) is 36.4 Å². The van der Waals surface area contributed by atoms with Crippen molar-refractivity contribution in [2.75, 3.05) is 77.9 Å². The van der Waals surface area contributed by atoms with Gasteiger partial charge in [0.2, 0.25) is 5.95 Å². The van der Waals surface area contributed by atoms with Crippen LogP contribution in [0.25, 0.3) is 11.0 Å². The molecule has 0 spiro atoms. The second-order valence-corrected chi connectivity index (χ2v) is 16.4. The summed E-state index contributed by atoms with van der Waals surface area (Å²) >= 11 is 0. The van der Waals surface area contributed by atoms with Crippen LogP contribution in [0.4, 0.5) is 22.1 Å². The number of imidazole rings is 1. The summed E-state index contributed by atoms with van der Waals surface area (Å²) in [5.74, 6) is 1.14. The van der Waals surface area contributed by atoms with E-state index in [9.17, 15) is 24.0 Å². The van der Waals surface area contributed by atoms with E-state index in [4.69, 9.17) is 19.2 Å². The molecule has 0 bridgehead atoms. The first kappa shape index (κ1) is 61.4. The lowest BCUT2D eigenvalue weighted by Crippen LogP contribution is -2.39. The number of benzene rings is 2. The SMILES string of the molecule is C=Nc1cc(C=O)cc(OC)c1N(C/C=C/Cn1c(NC)nc2cc(C=O)cc(OC/C=C/CNCCCNC(=O)OC(C)(C)C)c21)CNC(=O)c1cc(C)nn1CC.CCn1nc(C)cc1C=O.CN.CN. The number of aromatic nitrogens is 6. The predicted molar refractivity (Wildman–Crippen MR) is 288 cm³/mol. The summed E-state index contributed by atoms with van der Waals surface area (Å²) in [5.41, 5.74) is 14.2. The highest BCUT2D eigenvalue weighted by atomic mass is 16.6. The summed E-state index contributed by atoms with van der Waals surface area (Å²) in [6.45, 7) is 20.8. The molecule has 0 radical (unpaired) electrons. The maximum Gasteiger partial charge on any atom is 0.407 e. The Morgan fingerprint density at radius 2 is 1.49 bits per heavy atom. The van der Waals surface area contributed by atoms with E-state index in [0.29, 0.717) is 108 Å². The minimum Gasteiger partial charge on any atom is -0.494 e. The third-order valence-electron chi connectivity index (χ3n) is 10.1. The molecule has 0 saturated heterocycles. The largest absolute Gasteiger partial charge is 0.494 e. The van der Waals surface area contributed by atoms with Crippen LogP contribution in [0.3, 0.4) is 0 Å². The van der Waals surface area contributed by atoms with Crippen molar-refractivity contribution in [1.29, 1.82) is 0 Å². The number of ether oxygens (including phenoxy) is 3. The summed E-state index contributed by atoms with van der Waals surface area (Å²) in [6.07, 6.45) is 10.3. The monoisotopic (exact) mass is 1010 g/mol. The van der Waals surface area contributed by atoms with Crippen LogP contribution in [-0.4, -0.2) is 140 Å². The van der Waals surface area contributed by atoms with Crippen LogP contribution in [0.15, 0.2) is 65.7 Å². The molecular formula is C51H76N14O8. The molecule has 22 nitrogen and oxygen atoms in total. The second-order valence-electron chi connectivity index (χ2n) is 16.4. The molecule has 5 aromatic rings. The molecule has 3 heterocycles. The van der Waals surface area contributed by atoms with E-state index in [1.54, 1.807) is 52.8 Å². The van der Waals surface area contributed by atoms with E-state index < -0.39 is 11.7 Å². The van der Waals surface area contributed by atoms with Gasteiger partial charge in [-0.2, -0.15) is 10.2 Å². The number of hydrogen-bond donors (Lipinski definition) is 6. The first-order valence-corrected chi connectivity index (χ1v) is 23.8. The number of alkyl carbamates (subject to hydrolysis) is 1. The molecule has 2 amide bonds. The zero-order valence-corrected chi connectivity index (χ0v) is 44.3. The number of methoxy groups -OCH3 is 1. The summed E-state index contributed by atoms with van der Waals surface area (Å²) in [4.78, 5) is 69.8. The third kappa shape index (κ3) is 19.1. The number of nitrogens with zero attached hydrogens (tertiary/aromatic N) is 8. The Morgan fingerprint density at radius 1 is 0.836 bits per heavy atom. The lowest BCUT2D eigenvalue weighted by atomic mass is 10.1. The third-order valence-corrected chi connectivity index (χ3v) is 10.1. The number of rotatable bonds is 25. The molecule has 3 aromatic heterocycles. The summed E-state index contributed by atoms with van der Waals surface area (Å²) in [7, 11) is 6.26. The average molecular weight is 1010 g/mol. The normalized spacial score (nSPS) is 10.8. The lowest BCUT2D eigenvalue weighted by Gasteiger charge is -2.27. The van der Waals surface area contributed by atoms with E-state index in [1.165, 1.54) is 21.2 Å². The van der Waals surface area contributed by atoms with Crippen molar-refractivity contribution in [3.05, 3.63) is 94.6 Å². The van der Waals surface area contributed by atoms with Crippen LogP contribution in [0, 0.1) is 13.8 Å². The molecule has 0 unspecified atom stereocenters. The van der Waals surface area contributed by atoms with E-state index in [0.717, 1.165) is 36.9 Å². The van der Waals surface area contributed by atoms with Crippen LogP contribution in [0.2, 0.25) is 0 Å². The Bertz CT molecular complexity index is 2610. The maximum absolute atomic E-state index is 13.4. The summed E-state index contributed by atoms with van der Waals surface area (Å²) in [5, 5.41) is 20.7. The van der Waals surface area contributed by atoms with Gasteiger partial charge in [-0.25, -0.2) is 9.78 Å². The van der Waals surface area contributed by atoms with E-state index >= 15 is 0 Å². The summed E-state index contributed by atoms with van der Waals surface area (Å²) < 4.78 is 22.4. The van der Waals surface area contributed by atoms with Crippen LogP contribution in [0.5, 0.6) is 11.5 Å². The molecule has 73 heavy (non-hydrogen) atoms. The summed E-state index contributed by atoms with van der Waals surface area (Å²) in [6, 6.07) is 10.1. The molecule has 2 aromatic carbocycles. The van der Waals surface area contributed by atoms with E-state index in [2.05, 4.69) is 54.6 Å². The number of aryl methyl sites for hydroxylation is 4. The Morgan fingerprint density at radius 3 is 2.10 bits per heavy atom. The molecule has 8 N–H and O–H groups in total. The first-order valence-electron chi connectivity index (χ1n) is 23.8. The lowest BCUT2D eigenvalue weighted by molar-refractivity contribution is 0.0526. The minimum absolute atomic E-state index is 0.0625. The molecule has 22 heteroatoms. The second kappa shape index (κ2) is 32.3. The van der Waals surface area contributed by atoms with Crippen molar-refractivity contribution in [3.63, 3.8) is 0 Å². The molecule has 0 fully saturated rings. The number of aldehydes is 3. The number of fused-ring (bicyclic) bond motifs is 1. The fourth-order valence-corrected chi connectivity index (χ4v) is 7.02. The molecule has 0 atom stereocenters. The number of carbonyl (C=O) groups is 5. The van der Waals surface area contributed by atoms with Gasteiger partial charge in [-0.3, -0.25) is 33.5 Å². The number of allylic oxidation sites excluding steroid dienone is 1. The van der Waals surface area contributed by atoms with Gasteiger partial charge in [0.15, 0.2) is 6.29 Å². The minimum atomic E-state index is -0.536. The van der Waals surface area contributed by atoms with Crippen LogP contribution in [-0.2, 0) is 24.4 Å². The number of anilines is 2. The number of carbonyl (C=O) groups excluding carboxylic acids is 5. The van der Waals surface area contributed by atoms with Gasteiger partial charge in [-0.15, -0.1) is 0 Å². The smallest absolute Gasteiger partial charge is 0.407 e. The van der Waals surface area contributed by atoms with Gasteiger partial charge in [0, 0.05) is 57.4 Å². The highest BCUT2D eigenvalue weighted by Crippen LogP contribution is 2.39. The van der Waals surface area contributed by atoms with Crippen LogP contribution >= 0.6 is 0 Å². The zero-order chi connectivity index (χ0) is 54.5. The zero-order valence-electron chi connectivity index (χ0n) is 44.3. The highest BCUT2D eigenvalue weighted by Gasteiger charge is 2.21. The fraction of sp³-hybridized carbons (Fsp3) is 0.431. The maximum atomic E-state index is 13.4. The number of aliphatic imine (C=N–C) groups is 1. The van der Waals surface area contributed by atoms with Gasteiger partial charge in [-0.05, 0) is 119 Å². The van der Waals surface area contributed by atoms with Crippen LogP contribution in [0.1, 0.15) is 94.1 Å². The Kier molecular flexibility index (Phi) is 27.2. The molecule has 0 saturated carbocycles. The molecule has 0 aliphatic rings. The van der Waals surface area contributed by atoms with E-state index in [1.807, 2.05) is 82.2 Å². The average Bonchev–Trinajstić information content (AvgIpc) is 4.09. The standard InChI is InChI=1S/C42H56N10O7.C7H10N2O.2CH5N/c1-9-52-34(21-29(2)49-52)39(55)47-28-50(37-32(43-6)22-30(26-53)24-35(37)57-8)18-11-12-19-51-38-33(48-40(51)44-7)23-31(27-54)25-36(38)58-20-13-10-15-45-16-14-17-46-41(56)59-42(3,4)5;1-3-9-7(5-10)4-6(2)8-9;2*1-2/h10-13,21-27,45H,6,9,14-20,28H2,1-5,7-8H3,(H,44,48)(H,46,56)(H,47,55);4-5H,3H2,1-2H3;2*2H2,1H3/b12-11+,13-10+;;;. The van der Waals surface area contributed by atoms with Gasteiger partial charge < -0.3 is 56.4 Å². The number of amides is 2. The number of nitrogens with two attached hydrogens (primary N) is 2. The molecule has 5 rings (SSSR count). The van der Waals surface area contributed by atoms with Gasteiger partial charge >= 0.3 is 6.09 Å². The van der Waals surface area contributed by atoms with Gasteiger partial charge in [0.25, 0.3) is 5.91 Å². The Balaban J connectivity index is 0.00000114. The highest BCUT2D eigenvalue weighted by molar-refractivity contribution is 5.93. The van der Waals surface area contributed by atoms with Crippen molar-refractivity contribution >= 4 is 65.9 Å².